The lowest BCUT2D eigenvalue weighted by Gasteiger charge is -2.35. The monoisotopic (exact) mass is 613 g/mol. The number of hydrogen-bond donors (Lipinski definition) is 2. The Morgan fingerprint density at radius 3 is 2.51 bits per heavy atom. The summed E-state index contributed by atoms with van der Waals surface area (Å²) in [6.45, 7) is 7.65. The molecule has 0 saturated carbocycles. The van der Waals surface area contributed by atoms with Crippen LogP contribution in [0.4, 0.5) is 4.39 Å². The second kappa shape index (κ2) is 14.8. The number of β-amino-alcohol motifs (C(OH)–C–C–N with tert-alkyl or cyclic N) is 2. The summed E-state index contributed by atoms with van der Waals surface area (Å²) in [7, 11) is 0. The van der Waals surface area contributed by atoms with Gasteiger partial charge in [-0.15, -0.1) is 24.8 Å². The van der Waals surface area contributed by atoms with Crippen LogP contribution in [0.2, 0.25) is 0 Å². The Bertz CT molecular complexity index is 1160. The van der Waals surface area contributed by atoms with E-state index < -0.39 is 24.5 Å². The Labute approximate surface area is 254 Å². The van der Waals surface area contributed by atoms with E-state index in [9.17, 15) is 19.4 Å². The molecule has 228 valence electrons. The van der Waals surface area contributed by atoms with Gasteiger partial charge in [0.15, 0.2) is 0 Å². The maximum atomic E-state index is 14.8. The third-order valence-electron chi connectivity index (χ3n) is 7.76. The number of likely N-dealkylation sites (tertiary alicyclic amines) is 1. The van der Waals surface area contributed by atoms with Gasteiger partial charge in [0.25, 0.3) is 5.91 Å². The molecule has 3 aliphatic rings. The lowest BCUT2D eigenvalue weighted by molar-refractivity contribution is 0.00720. The van der Waals surface area contributed by atoms with E-state index in [1.165, 1.54) is 11.1 Å². The van der Waals surface area contributed by atoms with E-state index in [2.05, 4.69) is 23.1 Å². The molecule has 11 heteroatoms. The fraction of sp³-hybridized carbons (Fsp3) is 0.567. The summed E-state index contributed by atoms with van der Waals surface area (Å²) in [4.78, 5) is 19.2. The van der Waals surface area contributed by atoms with E-state index in [0.717, 1.165) is 19.5 Å². The number of benzene rings is 2. The zero-order valence-corrected chi connectivity index (χ0v) is 25.3. The molecule has 0 radical (unpaired) electrons. The molecule has 0 aromatic heterocycles. The summed E-state index contributed by atoms with van der Waals surface area (Å²) >= 11 is 0. The average molecular weight is 615 g/mol. The molecule has 2 aromatic rings. The standard InChI is InChI=1S/C30H40FN3O5.2ClH/c1-20(35)14-32-12-10-28(27(31)19-32)39-25-7-8-26-29(13-25)38-21(2)15-34(30(26)37)18-24(36)17-33-11-9-22-5-3-4-6-23(22)16-33;;/h3-8,13,20-21,24,27-28,35-36H,9-12,14-19H2,1-2H3;2*1H/t20?,21-,24-,27-,28-;;/m1../s1. The van der Waals surface area contributed by atoms with Crippen molar-refractivity contribution in [3.05, 3.63) is 59.2 Å². The molecule has 0 spiro atoms. The Morgan fingerprint density at radius 1 is 1.02 bits per heavy atom. The minimum atomic E-state index is -1.18. The zero-order chi connectivity index (χ0) is 27.5. The molecular formula is C30H42Cl2FN3O5. The largest absolute Gasteiger partial charge is 0.488 e. The van der Waals surface area contributed by atoms with Gasteiger partial charge in [0.2, 0.25) is 0 Å². The second-order valence-corrected chi connectivity index (χ2v) is 11.3. The normalized spacial score (nSPS) is 24.5. The number of halogens is 3. The van der Waals surface area contributed by atoms with Crippen LogP contribution in [-0.4, -0.2) is 107 Å². The smallest absolute Gasteiger partial charge is 0.257 e. The van der Waals surface area contributed by atoms with Gasteiger partial charge in [-0.3, -0.25) is 14.6 Å². The van der Waals surface area contributed by atoms with Crippen molar-refractivity contribution in [3.8, 4) is 11.5 Å². The fourth-order valence-corrected chi connectivity index (χ4v) is 5.94. The SMILES string of the molecule is CC(O)CN1CC[C@@H](Oc2ccc3c(c2)O[C@H](C)CN(C[C@H](O)CN2CCc4ccccc4C2)C3=O)[C@H](F)C1.Cl.Cl. The van der Waals surface area contributed by atoms with E-state index in [1.54, 1.807) is 30.0 Å². The average Bonchev–Trinajstić information content (AvgIpc) is 3.00. The van der Waals surface area contributed by atoms with Crippen molar-refractivity contribution in [1.82, 2.24) is 14.7 Å². The van der Waals surface area contributed by atoms with E-state index >= 15 is 0 Å². The Kier molecular flexibility index (Phi) is 12.1. The van der Waals surface area contributed by atoms with Gasteiger partial charge in [0.1, 0.15) is 29.9 Å². The lowest BCUT2D eigenvalue weighted by atomic mass is 10.00. The molecule has 0 bridgehead atoms. The van der Waals surface area contributed by atoms with Crippen LogP contribution in [-0.2, 0) is 13.0 Å². The summed E-state index contributed by atoms with van der Waals surface area (Å²) in [5.74, 6) is 0.680. The van der Waals surface area contributed by atoms with Crippen molar-refractivity contribution in [3.63, 3.8) is 0 Å². The van der Waals surface area contributed by atoms with Crippen LogP contribution in [0.15, 0.2) is 42.5 Å². The minimum Gasteiger partial charge on any atom is -0.488 e. The Balaban J connectivity index is 0.00000231. The first-order chi connectivity index (χ1) is 18.7. The number of alkyl halides is 1. The van der Waals surface area contributed by atoms with Crippen molar-refractivity contribution >= 4 is 30.7 Å². The van der Waals surface area contributed by atoms with E-state index in [0.29, 0.717) is 49.7 Å². The number of piperidine rings is 1. The number of amides is 1. The molecule has 3 heterocycles. The van der Waals surface area contributed by atoms with Gasteiger partial charge in [-0.2, -0.15) is 0 Å². The highest BCUT2D eigenvalue weighted by atomic mass is 35.5. The van der Waals surface area contributed by atoms with E-state index in [-0.39, 0.29) is 49.9 Å². The maximum Gasteiger partial charge on any atom is 0.257 e. The number of aliphatic hydroxyl groups is 2. The van der Waals surface area contributed by atoms with Crippen molar-refractivity contribution in [2.75, 3.05) is 45.8 Å². The van der Waals surface area contributed by atoms with Gasteiger partial charge in [-0.1, -0.05) is 24.3 Å². The summed E-state index contributed by atoms with van der Waals surface area (Å²) in [6.07, 6.45) is -1.77. The first-order valence-corrected chi connectivity index (χ1v) is 14.0. The lowest BCUT2D eigenvalue weighted by Crippen LogP contribution is -2.48. The molecule has 1 amide bonds. The van der Waals surface area contributed by atoms with Crippen molar-refractivity contribution in [2.24, 2.45) is 0 Å². The van der Waals surface area contributed by atoms with Crippen LogP contribution in [0, 0.1) is 0 Å². The number of carbonyl (C=O) groups excluding carboxylic acids is 1. The molecule has 5 rings (SSSR count). The number of hydrogen-bond acceptors (Lipinski definition) is 7. The van der Waals surface area contributed by atoms with Crippen molar-refractivity contribution in [2.45, 2.75) is 63.8 Å². The van der Waals surface area contributed by atoms with Crippen LogP contribution >= 0.6 is 24.8 Å². The first kappa shape index (κ1) is 33.4. The predicted molar refractivity (Wildman–Crippen MR) is 160 cm³/mol. The third-order valence-corrected chi connectivity index (χ3v) is 7.76. The number of fused-ring (bicyclic) bond motifs is 2. The third kappa shape index (κ3) is 8.46. The van der Waals surface area contributed by atoms with Crippen LogP contribution in [0.5, 0.6) is 11.5 Å². The molecule has 2 N–H and O–H groups in total. The molecule has 5 atom stereocenters. The van der Waals surface area contributed by atoms with Crippen LogP contribution in [0.1, 0.15) is 41.8 Å². The number of ether oxygens (including phenoxy) is 2. The molecule has 3 aliphatic heterocycles. The summed E-state index contributed by atoms with van der Waals surface area (Å²) < 4.78 is 26.9. The molecule has 41 heavy (non-hydrogen) atoms. The van der Waals surface area contributed by atoms with E-state index in [4.69, 9.17) is 9.47 Å². The molecule has 1 unspecified atom stereocenters. The highest BCUT2D eigenvalue weighted by Gasteiger charge is 2.33. The summed E-state index contributed by atoms with van der Waals surface area (Å²) in [6, 6.07) is 13.4. The highest BCUT2D eigenvalue weighted by molar-refractivity contribution is 5.97. The second-order valence-electron chi connectivity index (χ2n) is 11.3. The Morgan fingerprint density at radius 2 is 1.78 bits per heavy atom. The quantitative estimate of drug-likeness (QED) is 0.472. The number of rotatable bonds is 8. The molecule has 0 aliphatic carbocycles. The van der Waals surface area contributed by atoms with Crippen molar-refractivity contribution < 1.29 is 28.9 Å². The van der Waals surface area contributed by atoms with Crippen molar-refractivity contribution in [1.29, 1.82) is 0 Å². The van der Waals surface area contributed by atoms with Gasteiger partial charge in [0, 0.05) is 51.9 Å². The summed E-state index contributed by atoms with van der Waals surface area (Å²) in [5.41, 5.74) is 3.07. The topological polar surface area (TPSA) is 85.7 Å². The highest BCUT2D eigenvalue weighted by Crippen LogP contribution is 2.31. The predicted octanol–water partition coefficient (Wildman–Crippen LogP) is 3.34. The molecule has 2 aromatic carbocycles. The molecule has 8 nitrogen and oxygen atoms in total. The zero-order valence-electron chi connectivity index (χ0n) is 23.7. The van der Waals surface area contributed by atoms with Gasteiger partial charge in [-0.05, 0) is 49.9 Å². The number of carbonyl (C=O) groups is 1. The van der Waals surface area contributed by atoms with Crippen LogP contribution in [0.25, 0.3) is 0 Å². The fourth-order valence-electron chi connectivity index (χ4n) is 5.94. The van der Waals surface area contributed by atoms with Gasteiger partial charge < -0.3 is 24.6 Å². The van der Waals surface area contributed by atoms with E-state index in [1.807, 2.05) is 17.9 Å². The Hall–Kier alpha value is -2.14. The number of nitrogens with zero attached hydrogens (tertiary/aromatic N) is 3. The molecular weight excluding hydrogens is 572 g/mol. The van der Waals surface area contributed by atoms with Crippen LogP contribution < -0.4 is 9.47 Å². The minimum absolute atomic E-state index is 0. The van der Waals surface area contributed by atoms with Gasteiger partial charge >= 0.3 is 0 Å². The van der Waals surface area contributed by atoms with Gasteiger partial charge in [-0.25, -0.2) is 4.39 Å². The molecule has 1 saturated heterocycles. The van der Waals surface area contributed by atoms with Gasteiger partial charge in [0.05, 0.1) is 24.3 Å². The number of aliphatic hydroxyl groups excluding tert-OH is 2. The first-order valence-electron chi connectivity index (χ1n) is 14.0. The maximum absolute atomic E-state index is 14.8. The molecule has 1 fully saturated rings. The summed E-state index contributed by atoms with van der Waals surface area (Å²) in [5, 5.41) is 20.5. The van der Waals surface area contributed by atoms with Crippen LogP contribution in [0.3, 0.4) is 0 Å².